The monoisotopic (exact) mass is 816 g/mol. The Kier molecular flexibility index (Phi) is 9.89. The minimum Gasteiger partial charge on any atom is -0.457 e. The number of anilines is 4. The zero-order chi connectivity index (χ0) is 43.8. The lowest BCUT2D eigenvalue weighted by Gasteiger charge is -2.29. The van der Waals surface area contributed by atoms with Gasteiger partial charge in [-0.05, 0) is 111 Å². The van der Waals surface area contributed by atoms with Crippen molar-refractivity contribution in [3.8, 4) is 17.3 Å². The molecule has 5 nitrogen and oxygen atoms in total. The van der Waals surface area contributed by atoms with Crippen LogP contribution in [0.1, 0.15) is 104 Å². The molecule has 9 rings (SSSR count). The highest BCUT2D eigenvalue weighted by Crippen LogP contribution is 2.48. The largest absolute Gasteiger partial charge is 0.457 e. The van der Waals surface area contributed by atoms with Crippen molar-refractivity contribution in [2.24, 2.45) is 0 Å². The number of rotatable bonds is 7. The molecule has 0 saturated heterocycles. The molecular weight excluding hydrogens is 757 g/mol. The van der Waals surface area contributed by atoms with Gasteiger partial charge < -0.3 is 14.5 Å². The highest BCUT2D eigenvalue weighted by molar-refractivity contribution is 6.09. The summed E-state index contributed by atoms with van der Waals surface area (Å²) in [5.41, 5.74) is 12.9. The zero-order valence-corrected chi connectivity index (χ0v) is 38.3. The molecule has 0 atom stereocenters. The van der Waals surface area contributed by atoms with Crippen molar-refractivity contribution in [2.75, 3.05) is 16.5 Å². The lowest BCUT2D eigenvalue weighted by Crippen LogP contribution is -2.25. The molecule has 5 heteroatoms. The number of benzene rings is 6. The smallest absolute Gasteiger partial charge is 0.137 e. The van der Waals surface area contributed by atoms with Crippen molar-refractivity contribution in [3.05, 3.63) is 180 Å². The van der Waals surface area contributed by atoms with Crippen LogP contribution in [0.4, 0.5) is 22.7 Å². The topological polar surface area (TPSA) is 33.5 Å². The van der Waals surface area contributed by atoms with Gasteiger partial charge in [0.15, 0.2) is 0 Å². The Morgan fingerprint density at radius 1 is 0.435 bits per heavy atom. The lowest BCUT2D eigenvalue weighted by atomic mass is 9.78. The maximum absolute atomic E-state index is 6.97. The summed E-state index contributed by atoms with van der Waals surface area (Å²) in [6, 6.07) is 53.1. The fourth-order valence-corrected chi connectivity index (χ4v) is 8.89. The molecule has 0 N–H and O–H groups in total. The number of hydrogen-bond donors (Lipinski definition) is 0. The highest BCUT2D eigenvalue weighted by Gasteiger charge is 2.32. The molecule has 0 bridgehead atoms. The van der Waals surface area contributed by atoms with Gasteiger partial charge in [-0.3, -0.25) is 4.57 Å². The van der Waals surface area contributed by atoms with Gasteiger partial charge in [-0.1, -0.05) is 143 Å². The summed E-state index contributed by atoms with van der Waals surface area (Å²) in [5.74, 6) is 2.49. The fourth-order valence-electron chi connectivity index (χ4n) is 8.89. The molecule has 3 heterocycles. The van der Waals surface area contributed by atoms with Gasteiger partial charge in [0.05, 0.1) is 22.4 Å². The third kappa shape index (κ3) is 7.52. The summed E-state index contributed by atoms with van der Waals surface area (Å²) >= 11 is 0. The maximum atomic E-state index is 6.97. The summed E-state index contributed by atoms with van der Waals surface area (Å²) in [5, 5.41) is 2.36. The van der Waals surface area contributed by atoms with Crippen LogP contribution < -0.4 is 14.5 Å². The Labute approximate surface area is 368 Å². The van der Waals surface area contributed by atoms with Gasteiger partial charge in [0.25, 0.3) is 0 Å². The van der Waals surface area contributed by atoms with Crippen LogP contribution >= 0.6 is 0 Å². The fraction of sp³-hybridized carbons (Fsp3) is 0.281. The van der Waals surface area contributed by atoms with Gasteiger partial charge in [0.2, 0.25) is 0 Å². The molecule has 1 aliphatic heterocycles. The second kappa shape index (κ2) is 14.9. The minimum atomic E-state index is -0.162. The number of para-hydroxylation sites is 1. The second-order valence-electron chi connectivity index (χ2n) is 20.7. The molecule has 0 radical (unpaired) electrons. The lowest BCUT2D eigenvalue weighted by molar-refractivity contribution is 0.479. The predicted molar refractivity (Wildman–Crippen MR) is 262 cm³/mol. The molecule has 62 heavy (non-hydrogen) atoms. The highest BCUT2D eigenvalue weighted by atomic mass is 16.5. The SMILES string of the molecule is CC(C)(C)c1cc(Oc2ccc3c4ccccc4n(-c4cc(C(C)(C)C)ccn4)c3c2)cc(N2CN(c3cccc(C(C)(C)c4ccccc4)c3)c3cc(C(C)(C)C)ccc32)c1. The third-order valence-electron chi connectivity index (χ3n) is 12.9. The molecule has 0 amide bonds. The van der Waals surface area contributed by atoms with Crippen LogP contribution in [-0.4, -0.2) is 16.2 Å². The zero-order valence-electron chi connectivity index (χ0n) is 38.3. The molecule has 6 aromatic carbocycles. The predicted octanol–water partition coefficient (Wildman–Crippen LogP) is 15.4. The van der Waals surface area contributed by atoms with Crippen molar-refractivity contribution in [3.63, 3.8) is 0 Å². The van der Waals surface area contributed by atoms with E-state index in [0.717, 1.165) is 34.0 Å². The van der Waals surface area contributed by atoms with Gasteiger partial charge in [0.1, 0.15) is 24.0 Å². The number of ether oxygens (including phenoxy) is 1. The summed E-state index contributed by atoms with van der Waals surface area (Å²) in [4.78, 5) is 9.85. The molecule has 0 spiro atoms. The van der Waals surface area contributed by atoms with E-state index in [0.29, 0.717) is 6.67 Å². The number of nitrogens with zero attached hydrogens (tertiary/aromatic N) is 4. The Morgan fingerprint density at radius 2 is 1.08 bits per heavy atom. The van der Waals surface area contributed by atoms with Crippen molar-refractivity contribution in [1.29, 1.82) is 0 Å². The van der Waals surface area contributed by atoms with Crippen molar-refractivity contribution in [2.45, 2.75) is 97.8 Å². The molecule has 1 aliphatic rings. The van der Waals surface area contributed by atoms with Crippen LogP contribution in [0.15, 0.2) is 152 Å². The van der Waals surface area contributed by atoms with E-state index in [1.165, 1.54) is 55.7 Å². The number of hydrogen-bond acceptors (Lipinski definition) is 4. The van der Waals surface area contributed by atoms with E-state index >= 15 is 0 Å². The van der Waals surface area contributed by atoms with Gasteiger partial charge in [0, 0.05) is 45.9 Å². The maximum Gasteiger partial charge on any atom is 0.137 e. The van der Waals surface area contributed by atoms with Crippen molar-refractivity contribution >= 4 is 44.6 Å². The number of fused-ring (bicyclic) bond motifs is 4. The first-order valence-corrected chi connectivity index (χ1v) is 22.1. The van der Waals surface area contributed by atoms with E-state index in [-0.39, 0.29) is 21.7 Å². The summed E-state index contributed by atoms with van der Waals surface area (Å²) in [7, 11) is 0. The summed E-state index contributed by atoms with van der Waals surface area (Å²) in [6.45, 7) is 25.8. The standard InChI is InChI=1S/C57H60N4O/c1-54(2,3)39-24-27-50-52(33-39)59(43-21-17-20-41(30-43)57(10,11)38-18-13-12-14-19-38)37-60(50)44-31-42(56(7,8)9)32-46(35-44)62-45-25-26-48-47-22-15-16-23-49(47)61(51(48)36-45)53-34-40(28-29-58-53)55(4,5)6/h12-36H,37H2,1-11H3. The van der Waals surface area contributed by atoms with Crippen LogP contribution in [0.3, 0.4) is 0 Å². The van der Waals surface area contributed by atoms with E-state index in [1.807, 2.05) is 6.20 Å². The van der Waals surface area contributed by atoms with Crippen LogP contribution in [0.25, 0.3) is 27.6 Å². The van der Waals surface area contributed by atoms with E-state index in [9.17, 15) is 0 Å². The first kappa shape index (κ1) is 41.0. The molecule has 0 saturated carbocycles. The molecule has 2 aromatic heterocycles. The van der Waals surface area contributed by atoms with Crippen LogP contribution in [0, 0.1) is 0 Å². The number of aromatic nitrogens is 2. The van der Waals surface area contributed by atoms with Crippen LogP contribution in [-0.2, 0) is 21.7 Å². The molecule has 0 unspecified atom stereocenters. The molecule has 314 valence electrons. The molecular formula is C57H60N4O. The average Bonchev–Trinajstić information content (AvgIpc) is 3.79. The van der Waals surface area contributed by atoms with E-state index in [2.05, 4.69) is 236 Å². The van der Waals surface area contributed by atoms with E-state index in [4.69, 9.17) is 9.72 Å². The first-order chi connectivity index (χ1) is 29.4. The van der Waals surface area contributed by atoms with Gasteiger partial charge in [-0.15, -0.1) is 0 Å². The Balaban J connectivity index is 1.14. The Hall–Kier alpha value is -6.33. The van der Waals surface area contributed by atoms with E-state index < -0.39 is 0 Å². The normalized spacial score (nSPS) is 13.6. The molecule has 0 aliphatic carbocycles. The summed E-state index contributed by atoms with van der Waals surface area (Å²) in [6.07, 6.45) is 1.93. The average molecular weight is 817 g/mol. The number of pyridine rings is 1. The van der Waals surface area contributed by atoms with Gasteiger partial charge >= 0.3 is 0 Å². The van der Waals surface area contributed by atoms with Crippen LogP contribution in [0.2, 0.25) is 0 Å². The minimum absolute atomic E-state index is 0.00328. The van der Waals surface area contributed by atoms with Gasteiger partial charge in [-0.25, -0.2) is 4.98 Å². The van der Waals surface area contributed by atoms with Crippen molar-refractivity contribution < 1.29 is 4.74 Å². The first-order valence-electron chi connectivity index (χ1n) is 22.1. The Morgan fingerprint density at radius 3 is 1.82 bits per heavy atom. The summed E-state index contributed by atoms with van der Waals surface area (Å²) < 4.78 is 9.25. The van der Waals surface area contributed by atoms with E-state index in [1.54, 1.807) is 0 Å². The third-order valence-corrected chi connectivity index (χ3v) is 12.9. The second-order valence-corrected chi connectivity index (χ2v) is 20.7. The quantitative estimate of drug-likeness (QED) is 0.160. The molecule has 0 fully saturated rings. The van der Waals surface area contributed by atoms with Crippen molar-refractivity contribution in [1.82, 2.24) is 9.55 Å². The molecule has 8 aromatic rings. The van der Waals surface area contributed by atoms with Crippen LogP contribution in [0.5, 0.6) is 11.5 Å². The Bertz CT molecular complexity index is 2950. The van der Waals surface area contributed by atoms with Gasteiger partial charge in [-0.2, -0.15) is 0 Å².